The molecule has 22 heavy (non-hydrogen) atoms. The number of benzene rings is 2. The van der Waals surface area contributed by atoms with Crippen molar-refractivity contribution in [3.05, 3.63) is 75.1 Å². The Morgan fingerprint density at radius 3 is 2.59 bits per heavy atom. The van der Waals surface area contributed by atoms with Crippen LogP contribution in [0.4, 0.5) is 5.69 Å². The molecule has 0 bridgehead atoms. The van der Waals surface area contributed by atoms with Crippen LogP contribution in [0.2, 0.25) is 0 Å². The smallest absolute Gasteiger partial charge is 0.253 e. The highest BCUT2D eigenvalue weighted by atomic mass is 16.1. The predicted octanol–water partition coefficient (Wildman–Crippen LogP) is 4.07. The molecule has 0 saturated heterocycles. The van der Waals surface area contributed by atoms with Crippen LogP contribution in [-0.4, -0.2) is 4.98 Å². The molecule has 1 aromatic heterocycles. The van der Waals surface area contributed by atoms with E-state index in [2.05, 4.69) is 48.4 Å². The third-order valence-corrected chi connectivity index (χ3v) is 3.87. The van der Waals surface area contributed by atoms with Gasteiger partial charge in [0.25, 0.3) is 5.56 Å². The van der Waals surface area contributed by atoms with Crippen molar-refractivity contribution in [2.75, 3.05) is 5.32 Å². The standard InChI is InChI=1S/C19H20N2O/c1-12-5-4-6-17(9-12)20-11-16-10-15-8-13(2)7-14(3)18(15)21-19(16)22/h4-10,20H,11H2,1-3H3,(H,21,22). The summed E-state index contributed by atoms with van der Waals surface area (Å²) in [5.74, 6) is 0. The summed E-state index contributed by atoms with van der Waals surface area (Å²) in [6.45, 7) is 6.67. The van der Waals surface area contributed by atoms with Crippen LogP contribution in [0.15, 0.2) is 47.3 Å². The van der Waals surface area contributed by atoms with E-state index >= 15 is 0 Å². The molecular weight excluding hydrogens is 272 g/mol. The molecular formula is C19H20N2O. The van der Waals surface area contributed by atoms with Gasteiger partial charge in [0.05, 0.1) is 5.52 Å². The molecule has 112 valence electrons. The molecule has 0 unspecified atom stereocenters. The molecule has 3 aromatic rings. The van der Waals surface area contributed by atoms with Crippen molar-refractivity contribution < 1.29 is 0 Å². The van der Waals surface area contributed by atoms with Gasteiger partial charge in [-0.15, -0.1) is 0 Å². The summed E-state index contributed by atoms with van der Waals surface area (Å²) < 4.78 is 0. The third kappa shape index (κ3) is 2.89. The molecule has 0 amide bonds. The van der Waals surface area contributed by atoms with Gasteiger partial charge < -0.3 is 10.3 Å². The average Bonchev–Trinajstić information content (AvgIpc) is 2.46. The topological polar surface area (TPSA) is 44.9 Å². The molecule has 0 fully saturated rings. The van der Waals surface area contributed by atoms with Crippen molar-refractivity contribution in [3.63, 3.8) is 0 Å². The maximum absolute atomic E-state index is 12.3. The summed E-state index contributed by atoms with van der Waals surface area (Å²) in [5.41, 5.74) is 6.18. The number of fused-ring (bicyclic) bond motifs is 1. The fourth-order valence-electron chi connectivity index (χ4n) is 2.82. The van der Waals surface area contributed by atoms with Gasteiger partial charge in [0, 0.05) is 17.8 Å². The number of pyridine rings is 1. The molecule has 3 rings (SSSR count). The van der Waals surface area contributed by atoms with Crippen LogP contribution in [0.3, 0.4) is 0 Å². The second-order valence-corrected chi connectivity index (χ2v) is 5.89. The Kier molecular flexibility index (Phi) is 3.72. The molecule has 2 N–H and O–H groups in total. The second-order valence-electron chi connectivity index (χ2n) is 5.89. The normalized spacial score (nSPS) is 10.9. The molecule has 0 aliphatic heterocycles. The van der Waals surface area contributed by atoms with E-state index in [1.807, 2.05) is 25.1 Å². The van der Waals surface area contributed by atoms with E-state index in [-0.39, 0.29) is 5.56 Å². The quantitative estimate of drug-likeness (QED) is 0.764. The van der Waals surface area contributed by atoms with E-state index in [0.717, 1.165) is 27.7 Å². The summed E-state index contributed by atoms with van der Waals surface area (Å²) >= 11 is 0. The van der Waals surface area contributed by atoms with Crippen molar-refractivity contribution in [2.24, 2.45) is 0 Å². The molecule has 0 aliphatic carbocycles. The van der Waals surface area contributed by atoms with Crippen molar-refractivity contribution in [1.82, 2.24) is 4.98 Å². The SMILES string of the molecule is Cc1cccc(NCc2cc3cc(C)cc(C)c3[nH]c2=O)c1. The zero-order valence-electron chi connectivity index (χ0n) is 13.2. The van der Waals surface area contributed by atoms with Gasteiger partial charge in [-0.3, -0.25) is 4.79 Å². The van der Waals surface area contributed by atoms with E-state index in [0.29, 0.717) is 6.54 Å². The zero-order chi connectivity index (χ0) is 15.7. The average molecular weight is 292 g/mol. The van der Waals surface area contributed by atoms with E-state index in [1.165, 1.54) is 11.1 Å². The maximum Gasteiger partial charge on any atom is 0.253 e. The Morgan fingerprint density at radius 1 is 1.00 bits per heavy atom. The van der Waals surface area contributed by atoms with Crippen LogP contribution in [0.1, 0.15) is 22.3 Å². The van der Waals surface area contributed by atoms with E-state index < -0.39 is 0 Å². The summed E-state index contributed by atoms with van der Waals surface area (Å²) in [6.07, 6.45) is 0. The molecule has 0 aliphatic rings. The van der Waals surface area contributed by atoms with Gasteiger partial charge in [-0.25, -0.2) is 0 Å². The fourth-order valence-corrected chi connectivity index (χ4v) is 2.82. The highest BCUT2D eigenvalue weighted by molar-refractivity contribution is 5.82. The maximum atomic E-state index is 12.3. The number of aromatic nitrogens is 1. The molecule has 0 saturated carbocycles. The monoisotopic (exact) mass is 292 g/mol. The Balaban J connectivity index is 1.94. The number of nitrogens with one attached hydrogen (secondary N) is 2. The number of aryl methyl sites for hydroxylation is 3. The van der Waals surface area contributed by atoms with Crippen molar-refractivity contribution in [1.29, 1.82) is 0 Å². The van der Waals surface area contributed by atoms with E-state index in [4.69, 9.17) is 0 Å². The summed E-state index contributed by atoms with van der Waals surface area (Å²) in [4.78, 5) is 15.3. The highest BCUT2D eigenvalue weighted by Crippen LogP contribution is 2.18. The first kappa shape index (κ1) is 14.4. The summed E-state index contributed by atoms with van der Waals surface area (Å²) in [5, 5.41) is 4.40. The first-order chi connectivity index (χ1) is 10.5. The number of H-pyrrole nitrogens is 1. The number of anilines is 1. The number of rotatable bonds is 3. The van der Waals surface area contributed by atoms with Crippen LogP contribution in [0.5, 0.6) is 0 Å². The number of aromatic amines is 1. The summed E-state index contributed by atoms with van der Waals surface area (Å²) in [7, 11) is 0. The fraction of sp³-hybridized carbons (Fsp3) is 0.211. The van der Waals surface area contributed by atoms with E-state index in [9.17, 15) is 4.79 Å². The molecule has 1 heterocycles. The lowest BCUT2D eigenvalue weighted by Gasteiger charge is -2.09. The van der Waals surface area contributed by atoms with Crippen LogP contribution < -0.4 is 10.9 Å². The van der Waals surface area contributed by atoms with Crippen molar-refractivity contribution in [2.45, 2.75) is 27.3 Å². The van der Waals surface area contributed by atoms with Gasteiger partial charge in [-0.05, 0) is 61.5 Å². The minimum Gasteiger partial charge on any atom is -0.381 e. The zero-order valence-corrected chi connectivity index (χ0v) is 13.2. The molecule has 0 radical (unpaired) electrons. The first-order valence-corrected chi connectivity index (χ1v) is 7.46. The molecule has 3 heteroatoms. The second kappa shape index (κ2) is 5.68. The predicted molar refractivity (Wildman–Crippen MR) is 92.5 cm³/mol. The molecule has 0 atom stereocenters. The Hall–Kier alpha value is -2.55. The molecule has 0 spiro atoms. The van der Waals surface area contributed by atoms with Gasteiger partial charge in [0.2, 0.25) is 0 Å². The van der Waals surface area contributed by atoms with Crippen LogP contribution in [0.25, 0.3) is 10.9 Å². The first-order valence-electron chi connectivity index (χ1n) is 7.46. The van der Waals surface area contributed by atoms with Gasteiger partial charge in [0.1, 0.15) is 0 Å². The highest BCUT2D eigenvalue weighted by Gasteiger charge is 2.06. The van der Waals surface area contributed by atoms with Crippen LogP contribution in [0, 0.1) is 20.8 Å². The van der Waals surface area contributed by atoms with Crippen molar-refractivity contribution in [3.8, 4) is 0 Å². The van der Waals surface area contributed by atoms with Gasteiger partial charge in [-0.2, -0.15) is 0 Å². The number of hydrogen-bond acceptors (Lipinski definition) is 2. The number of hydrogen-bond donors (Lipinski definition) is 2. The Labute approximate surface area is 130 Å². The Bertz CT molecular complexity index is 894. The lowest BCUT2D eigenvalue weighted by molar-refractivity contribution is 1.09. The molecule has 3 nitrogen and oxygen atoms in total. The Morgan fingerprint density at radius 2 is 1.82 bits per heavy atom. The van der Waals surface area contributed by atoms with Gasteiger partial charge in [-0.1, -0.05) is 23.8 Å². The van der Waals surface area contributed by atoms with Crippen LogP contribution >= 0.6 is 0 Å². The minimum absolute atomic E-state index is 0.0281. The lowest BCUT2D eigenvalue weighted by atomic mass is 10.1. The van der Waals surface area contributed by atoms with Crippen molar-refractivity contribution >= 4 is 16.6 Å². The van der Waals surface area contributed by atoms with Crippen LogP contribution in [-0.2, 0) is 6.54 Å². The van der Waals surface area contributed by atoms with Gasteiger partial charge in [0.15, 0.2) is 0 Å². The summed E-state index contributed by atoms with van der Waals surface area (Å²) in [6, 6.07) is 14.3. The largest absolute Gasteiger partial charge is 0.381 e. The van der Waals surface area contributed by atoms with Gasteiger partial charge >= 0.3 is 0 Å². The lowest BCUT2D eigenvalue weighted by Crippen LogP contribution is -2.16. The third-order valence-electron chi connectivity index (χ3n) is 3.87. The van der Waals surface area contributed by atoms with E-state index in [1.54, 1.807) is 0 Å². The molecule has 2 aromatic carbocycles. The minimum atomic E-state index is -0.0281.